The summed E-state index contributed by atoms with van der Waals surface area (Å²) < 4.78 is 20.6. The van der Waals surface area contributed by atoms with E-state index in [9.17, 15) is 9.18 Å². The molecular formula is C23H20FN3O2S. The second kappa shape index (κ2) is 8.67. The Morgan fingerprint density at radius 2 is 1.83 bits per heavy atom. The third-order valence-electron chi connectivity index (χ3n) is 4.78. The number of benzene rings is 2. The normalized spacial score (nSPS) is 12.1. The molecule has 152 valence electrons. The van der Waals surface area contributed by atoms with E-state index in [1.165, 1.54) is 36.0 Å². The molecule has 0 saturated heterocycles. The number of hydrogen-bond donors (Lipinski definition) is 0. The number of nitrogens with zero attached hydrogens (tertiary/aromatic N) is 3. The van der Waals surface area contributed by atoms with Gasteiger partial charge in [0.05, 0.1) is 23.6 Å². The van der Waals surface area contributed by atoms with Crippen LogP contribution in [0.15, 0.2) is 76.5 Å². The summed E-state index contributed by atoms with van der Waals surface area (Å²) in [5.41, 5.74) is 2.43. The fraction of sp³-hybridized carbons (Fsp3) is 0.174. The molecule has 0 aliphatic carbocycles. The van der Waals surface area contributed by atoms with Gasteiger partial charge in [0.25, 0.3) is 0 Å². The van der Waals surface area contributed by atoms with Crippen LogP contribution in [0.2, 0.25) is 0 Å². The minimum atomic E-state index is -0.410. The lowest BCUT2D eigenvalue weighted by Crippen LogP contribution is -2.15. The summed E-state index contributed by atoms with van der Waals surface area (Å²) in [6.07, 6.45) is 1.62. The van der Waals surface area contributed by atoms with Crippen molar-refractivity contribution in [3.05, 3.63) is 89.6 Å². The summed E-state index contributed by atoms with van der Waals surface area (Å²) in [6.45, 7) is 4.26. The van der Waals surface area contributed by atoms with Gasteiger partial charge in [-0.3, -0.25) is 9.36 Å². The zero-order valence-electron chi connectivity index (χ0n) is 16.6. The third-order valence-corrected chi connectivity index (χ3v) is 5.86. The van der Waals surface area contributed by atoms with Gasteiger partial charge in [-0.05, 0) is 49.7 Å². The Hall–Kier alpha value is -3.19. The van der Waals surface area contributed by atoms with E-state index in [2.05, 4.69) is 10.2 Å². The first-order valence-corrected chi connectivity index (χ1v) is 10.4. The van der Waals surface area contributed by atoms with E-state index in [1.807, 2.05) is 54.8 Å². The number of Topliss-reactive ketones (excluding diaryl/α,β-unsaturated/α-hetero) is 1. The number of furan rings is 1. The van der Waals surface area contributed by atoms with Crippen molar-refractivity contribution in [1.82, 2.24) is 14.8 Å². The van der Waals surface area contributed by atoms with Gasteiger partial charge in [0.1, 0.15) is 11.6 Å². The predicted molar refractivity (Wildman–Crippen MR) is 114 cm³/mol. The second-order valence-electron chi connectivity index (χ2n) is 6.90. The molecule has 2 heterocycles. The zero-order chi connectivity index (χ0) is 21.1. The highest BCUT2D eigenvalue weighted by atomic mass is 32.2. The van der Waals surface area contributed by atoms with Crippen LogP contribution in [0.3, 0.4) is 0 Å². The van der Waals surface area contributed by atoms with E-state index in [0.717, 1.165) is 16.9 Å². The summed E-state index contributed by atoms with van der Waals surface area (Å²) >= 11 is 1.34. The third kappa shape index (κ3) is 4.21. The molecule has 0 N–H and O–H groups in total. The fourth-order valence-corrected chi connectivity index (χ4v) is 4.09. The smallest absolute Gasteiger partial charge is 0.192 e. The summed E-state index contributed by atoms with van der Waals surface area (Å²) in [5.74, 6) is 0.989. The van der Waals surface area contributed by atoms with E-state index >= 15 is 0 Å². The second-order valence-corrected chi connectivity index (χ2v) is 8.21. The van der Waals surface area contributed by atoms with Crippen molar-refractivity contribution in [3.63, 3.8) is 0 Å². The van der Waals surface area contributed by atoms with E-state index in [1.54, 1.807) is 6.26 Å². The minimum Gasteiger partial charge on any atom is -0.469 e. The molecule has 2 aromatic carbocycles. The number of carbonyl (C=O) groups excluding carboxylic acids is 1. The molecule has 0 radical (unpaired) electrons. The van der Waals surface area contributed by atoms with Gasteiger partial charge >= 0.3 is 0 Å². The number of aryl methyl sites for hydroxylation is 1. The van der Waals surface area contributed by atoms with Crippen molar-refractivity contribution in [1.29, 1.82) is 0 Å². The quantitative estimate of drug-likeness (QED) is 0.295. The average molecular weight is 421 g/mol. The van der Waals surface area contributed by atoms with Crippen molar-refractivity contribution in [2.24, 2.45) is 0 Å². The van der Waals surface area contributed by atoms with Gasteiger partial charge < -0.3 is 4.42 Å². The Bertz CT molecular complexity index is 1150. The van der Waals surface area contributed by atoms with Gasteiger partial charge in [-0.2, -0.15) is 0 Å². The molecule has 1 unspecified atom stereocenters. The summed E-state index contributed by atoms with van der Waals surface area (Å²) in [6, 6.07) is 17.5. The molecule has 0 saturated carbocycles. The van der Waals surface area contributed by atoms with Crippen LogP contribution in [0.1, 0.15) is 28.6 Å². The Kier molecular flexibility index (Phi) is 5.81. The highest BCUT2D eigenvalue weighted by Crippen LogP contribution is 2.30. The summed E-state index contributed by atoms with van der Waals surface area (Å²) in [7, 11) is 0. The van der Waals surface area contributed by atoms with Crippen LogP contribution in [0, 0.1) is 12.7 Å². The van der Waals surface area contributed by atoms with Gasteiger partial charge in [-0.1, -0.05) is 42.1 Å². The van der Waals surface area contributed by atoms with Crippen LogP contribution < -0.4 is 0 Å². The number of thioether (sulfide) groups is 1. The van der Waals surface area contributed by atoms with Crippen LogP contribution in [0.4, 0.5) is 4.39 Å². The molecule has 4 aromatic rings. The highest BCUT2D eigenvalue weighted by Gasteiger charge is 2.23. The molecule has 0 fully saturated rings. The molecular weight excluding hydrogens is 401 g/mol. The molecule has 0 aliphatic heterocycles. The number of aromatic nitrogens is 3. The van der Waals surface area contributed by atoms with Crippen molar-refractivity contribution in [3.8, 4) is 11.4 Å². The maximum atomic E-state index is 13.2. The lowest BCUT2D eigenvalue weighted by atomic mass is 10.1. The Balaban J connectivity index is 1.65. The molecule has 0 spiro atoms. The standard InChI is InChI=1S/C23H20FN3O2S/c1-15-20(12-13-29-15)22-25-26-23(27(22)14-17-6-4-3-5-7-17)30-16(2)21(28)18-8-10-19(24)11-9-18/h3-13,16H,14H2,1-2H3. The predicted octanol–water partition coefficient (Wildman–Crippen LogP) is 5.40. The monoisotopic (exact) mass is 421 g/mol. The zero-order valence-corrected chi connectivity index (χ0v) is 17.4. The van der Waals surface area contributed by atoms with Gasteiger partial charge in [0.15, 0.2) is 16.8 Å². The number of halogens is 1. The van der Waals surface area contributed by atoms with Crippen LogP contribution in [0.25, 0.3) is 11.4 Å². The molecule has 0 bridgehead atoms. The van der Waals surface area contributed by atoms with Crippen molar-refractivity contribution in [2.45, 2.75) is 30.8 Å². The molecule has 30 heavy (non-hydrogen) atoms. The number of rotatable bonds is 7. The van der Waals surface area contributed by atoms with Gasteiger partial charge in [0.2, 0.25) is 0 Å². The van der Waals surface area contributed by atoms with Crippen LogP contribution >= 0.6 is 11.8 Å². The first kappa shape index (κ1) is 20.1. The number of ketones is 1. The van der Waals surface area contributed by atoms with Crippen LogP contribution in [-0.4, -0.2) is 25.8 Å². The largest absolute Gasteiger partial charge is 0.469 e. The molecule has 4 rings (SSSR count). The molecule has 5 nitrogen and oxygen atoms in total. The Morgan fingerprint density at radius 1 is 1.10 bits per heavy atom. The number of carbonyl (C=O) groups is 1. The lowest BCUT2D eigenvalue weighted by molar-refractivity contribution is 0.0994. The molecule has 1 atom stereocenters. The SMILES string of the molecule is Cc1occc1-c1nnc(SC(C)C(=O)c2ccc(F)cc2)n1Cc1ccccc1. The van der Waals surface area contributed by atoms with E-state index in [4.69, 9.17) is 4.42 Å². The molecule has 0 aliphatic rings. The van der Waals surface area contributed by atoms with E-state index in [-0.39, 0.29) is 11.6 Å². The van der Waals surface area contributed by atoms with Gasteiger partial charge in [-0.15, -0.1) is 10.2 Å². The minimum absolute atomic E-state index is 0.0877. The van der Waals surface area contributed by atoms with Gasteiger partial charge in [0, 0.05) is 5.56 Å². The van der Waals surface area contributed by atoms with Crippen LogP contribution in [-0.2, 0) is 6.54 Å². The fourth-order valence-electron chi connectivity index (χ4n) is 3.16. The first-order valence-electron chi connectivity index (χ1n) is 9.51. The topological polar surface area (TPSA) is 60.9 Å². The van der Waals surface area contributed by atoms with Crippen LogP contribution in [0.5, 0.6) is 0 Å². The van der Waals surface area contributed by atoms with Gasteiger partial charge in [-0.25, -0.2) is 4.39 Å². The Labute approximate surface area is 177 Å². The highest BCUT2D eigenvalue weighted by molar-refractivity contribution is 8.00. The number of hydrogen-bond acceptors (Lipinski definition) is 5. The summed E-state index contributed by atoms with van der Waals surface area (Å²) in [5, 5.41) is 8.97. The molecule has 7 heteroatoms. The molecule has 0 amide bonds. The maximum Gasteiger partial charge on any atom is 0.192 e. The summed E-state index contributed by atoms with van der Waals surface area (Å²) in [4.78, 5) is 12.8. The van der Waals surface area contributed by atoms with Crippen molar-refractivity contribution >= 4 is 17.5 Å². The average Bonchev–Trinajstić information content (AvgIpc) is 3.34. The Morgan fingerprint density at radius 3 is 2.50 bits per heavy atom. The van der Waals surface area contributed by atoms with Crippen molar-refractivity contribution in [2.75, 3.05) is 0 Å². The maximum absolute atomic E-state index is 13.2. The first-order chi connectivity index (χ1) is 14.5. The van der Waals surface area contributed by atoms with E-state index < -0.39 is 5.25 Å². The molecule has 2 aromatic heterocycles. The van der Waals surface area contributed by atoms with Crippen molar-refractivity contribution < 1.29 is 13.6 Å². The van der Waals surface area contributed by atoms with E-state index in [0.29, 0.717) is 23.1 Å². The lowest BCUT2D eigenvalue weighted by Gasteiger charge is -2.13.